The summed E-state index contributed by atoms with van der Waals surface area (Å²) in [6, 6.07) is 18.2. The van der Waals surface area contributed by atoms with Crippen LogP contribution >= 0.6 is 11.8 Å². The molecule has 144 valence electrons. The van der Waals surface area contributed by atoms with E-state index in [4.69, 9.17) is 0 Å². The molecule has 5 nitrogen and oxygen atoms in total. The smallest absolute Gasteiger partial charge is 0.234 e. The molecule has 6 heteroatoms. The summed E-state index contributed by atoms with van der Waals surface area (Å²) in [4.78, 5) is 12.4. The van der Waals surface area contributed by atoms with E-state index in [9.17, 15) is 4.79 Å². The first-order valence-electron chi connectivity index (χ1n) is 9.77. The Morgan fingerprint density at radius 2 is 1.86 bits per heavy atom. The molecule has 1 aliphatic carbocycles. The molecule has 1 fully saturated rings. The quantitative estimate of drug-likeness (QED) is 0.558. The molecule has 1 saturated carbocycles. The lowest BCUT2D eigenvalue weighted by atomic mass is 10.1. The zero-order valence-electron chi connectivity index (χ0n) is 16.0. The highest BCUT2D eigenvalue weighted by Gasteiger charge is 2.31. The van der Waals surface area contributed by atoms with Crippen molar-refractivity contribution in [2.45, 2.75) is 43.7 Å². The standard InChI is InChI=1S/C22H24N4OS/c1-2-6-16-9-13-18(14-10-16)23-20(27)15-28-22-25-24-21(17-11-12-17)26(22)19-7-4-3-5-8-19/h3-5,7-10,13-14,17H,2,6,11-12,15H2,1H3,(H,23,27). The summed E-state index contributed by atoms with van der Waals surface area (Å²) < 4.78 is 2.09. The fourth-order valence-electron chi connectivity index (χ4n) is 3.17. The van der Waals surface area contributed by atoms with Crippen LogP contribution in [0.2, 0.25) is 0 Å². The maximum absolute atomic E-state index is 12.4. The first-order chi connectivity index (χ1) is 13.7. The van der Waals surface area contributed by atoms with Gasteiger partial charge >= 0.3 is 0 Å². The topological polar surface area (TPSA) is 59.8 Å². The van der Waals surface area contributed by atoms with E-state index in [1.165, 1.54) is 17.3 Å². The molecular formula is C22H24N4OS. The average Bonchev–Trinajstić information content (AvgIpc) is 3.48. The Balaban J connectivity index is 1.42. The van der Waals surface area contributed by atoms with Gasteiger partial charge in [0.25, 0.3) is 0 Å². The third-order valence-corrected chi connectivity index (χ3v) is 5.65. The number of rotatable bonds is 8. The molecular weight excluding hydrogens is 368 g/mol. The van der Waals surface area contributed by atoms with Gasteiger partial charge in [0.15, 0.2) is 5.16 Å². The second kappa shape index (κ2) is 8.61. The molecule has 0 radical (unpaired) electrons. The maximum Gasteiger partial charge on any atom is 0.234 e. The number of para-hydroxylation sites is 1. The molecule has 0 unspecified atom stereocenters. The van der Waals surface area contributed by atoms with Crippen molar-refractivity contribution in [2.24, 2.45) is 0 Å². The molecule has 0 spiro atoms. The number of nitrogens with zero attached hydrogens (tertiary/aromatic N) is 3. The van der Waals surface area contributed by atoms with Gasteiger partial charge in [0, 0.05) is 17.3 Å². The molecule has 0 bridgehead atoms. The van der Waals surface area contributed by atoms with Crippen LogP contribution in [0, 0.1) is 0 Å². The summed E-state index contributed by atoms with van der Waals surface area (Å²) in [5, 5.41) is 12.5. The molecule has 1 N–H and O–H groups in total. The highest BCUT2D eigenvalue weighted by molar-refractivity contribution is 7.99. The summed E-state index contributed by atoms with van der Waals surface area (Å²) in [5.74, 6) is 1.74. The predicted molar refractivity (Wildman–Crippen MR) is 113 cm³/mol. The fourth-order valence-corrected chi connectivity index (χ4v) is 3.93. The second-order valence-corrected chi connectivity index (χ2v) is 8.01. The Morgan fingerprint density at radius 1 is 1.11 bits per heavy atom. The highest BCUT2D eigenvalue weighted by Crippen LogP contribution is 2.41. The van der Waals surface area contributed by atoms with Gasteiger partial charge in [0.05, 0.1) is 5.75 Å². The van der Waals surface area contributed by atoms with Gasteiger partial charge in [-0.3, -0.25) is 9.36 Å². The third kappa shape index (κ3) is 4.44. The van der Waals surface area contributed by atoms with E-state index in [-0.39, 0.29) is 5.91 Å². The summed E-state index contributed by atoms with van der Waals surface area (Å²) in [7, 11) is 0. The maximum atomic E-state index is 12.4. The molecule has 1 amide bonds. The number of amides is 1. The number of hydrogen-bond donors (Lipinski definition) is 1. The molecule has 0 aliphatic heterocycles. The first kappa shape index (κ1) is 18.7. The number of thioether (sulfide) groups is 1. The van der Waals surface area contributed by atoms with Gasteiger partial charge in [-0.1, -0.05) is 55.4 Å². The Hall–Kier alpha value is -2.60. The van der Waals surface area contributed by atoms with Crippen LogP contribution in [0.4, 0.5) is 5.69 Å². The van der Waals surface area contributed by atoms with Crippen LogP contribution in [-0.2, 0) is 11.2 Å². The summed E-state index contributed by atoms with van der Waals surface area (Å²) >= 11 is 1.42. The molecule has 4 rings (SSSR count). The van der Waals surface area contributed by atoms with Crippen LogP contribution in [0.3, 0.4) is 0 Å². The number of nitrogens with one attached hydrogen (secondary N) is 1. The number of aromatic nitrogens is 3. The largest absolute Gasteiger partial charge is 0.325 e. The van der Waals surface area contributed by atoms with Crippen molar-refractivity contribution >= 4 is 23.4 Å². The Bertz CT molecular complexity index is 933. The number of hydrogen-bond acceptors (Lipinski definition) is 4. The molecule has 1 aliphatic rings. The number of carbonyl (C=O) groups excluding carboxylic acids is 1. The summed E-state index contributed by atoms with van der Waals surface area (Å²) in [5.41, 5.74) is 3.16. The van der Waals surface area contributed by atoms with Crippen LogP contribution < -0.4 is 5.32 Å². The number of aryl methyl sites for hydroxylation is 1. The van der Waals surface area contributed by atoms with Gasteiger partial charge in [-0.15, -0.1) is 10.2 Å². The Morgan fingerprint density at radius 3 is 2.54 bits per heavy atom. The Kier molecular flexibility index (Phi) is 5.76. The third-order valence-electron chi connectivity index (χ3n) is 4.72. The van der Waals surface area contributed by atoms with Crippen molar-refractivity contribution in [3.05, 3.63) is 66.0 Å². The van der Waals surface area contributed by atoms with Crippen LogP contribution in [0.1, 0.15) is 43.5 Å². The number of carbonyl (C=O) groups is 1. The van der Waals surface area contributed by atoms with Gasteiger partial charge in [-0.25, -0.2) is 0 Å². The second-order valence-electron chi connectivity index (χ2n) is 7.07. The lowest BCUT2D eigenvalue weighted by Gasteiger charge is -2.10. The van der Waals surface area contributed by atoms with Crippen molar-refractivity contribution in [2.75, 3.05) is 11.1 Å². The first-order valence-corrected chi connectivity index (χ1v) is 10.8. The molecule has 1 heterocycles. The van der Waals surface area contributed by atoms with Crippen LogP contribution in [0.5, 0.6) is 0 Å². The molecule has 1 aromatic heterocycles. The minimum absolute atomic E-state index is 0.0381. The zero-order chi connectivity index (χ0) is 19.3. The van der Waals surface area contributed by atoms with Gasteiger partial charge in [0.1, 0.15) is 5.82 Å². The number of anilines is 1. The van der Waals surface area contributed by atoms with Gasteiger partial charge < -0.3 is 5.32 Å². The lowest BCUT2D eigenvalue weighted by molar-refractivity contribution is -0.113. The van der Waals surface area contributed by atoms with Gasteiger partial charge in [-0.05, 0) is 49.1 Å². The SMILES string of the molecule is CCCc1ccc(NC(=O)CSc2nnc(C3CC3)n2-c2ccccc2)cc1. The predicted octanol–water partition coefficient (Wildman–Crippen LogP) is 4.83. The molecule has 0 saturated heterocycles. The van der Waals surface area contributed by atoms with E-state index >= 15 is 0 Å². The van der Waals surface area contributed by atoms with E-state index in [2.05, 4.69) is 51.3 Å². The van der Waals surface area contributed by atoms with Gasteiger partial charge in [0.2, 0.25) is 5.91 Å². The number of benzene rings is 2. The van der Waals surface area contributed by atoms with Crippen molar-refractivity contribution in [3.8, 4) is 5.69 Å². The molecule has 3 aromatic rings. The summed E-state index contributed by atoms with van der Waals surface area (Å²) in [6.45, 7) is 2.16. The minimum atomic E-state index is -0.0381. The normalized spacial score (nSPS) is 13.5. The molecule has 2 aromatic carbocycles. The highest BCUT2D eigenvalue weighted by atomic mass is 32.2. The molecule has 0 atom stereocenters. The van der Waals surface area contributed by atoms with Crippen molar-refractivity contribution < 1.29 is 4.79 Å². The van der Waals surface area contributed by atoms with E-state index in [0.29, 0.717) is 11.7 Å². The Labute approximate surface area is 169 Å². The zero-order valence-corrected chi connectivity index (χ0v) is 16.8. The summed E-state index contributed by atoms with van der Waals surface area (Å²) in [6.07, 6.45) is 4.49. The fraction of sp³-hybridized carbons (Fsp3) is 0.318. The van der Waals surface area contributed by atoms with Crippen molar-refractivity contribution in [1.29, 1.82) is 0 Å². The van der Waals surface area contributed by atoms with E-state index in [1.54, 1.807) is 0 Å². The van der Waals surface area contributed by atoms with Crippen LogP contribution in [-0.4, -0.2) is 26.4 Å². The average molecular weight is 393 g/mol. The molecule has 28 heavy (non-hydrogen) atoms. The van der Waals surface area contributed by atoms with E-state index in [1.807, 2.05) is 30.3 Å². The minimum Gasteiger partial charge on any atom is -0.325 e. The van der Waals surface area contributed by atoms with Crippen LogP contribution in [0.25, 0.3) is 5.69 Å². The van der Waals surface area contributed by atoms with Gasteiger partial charge in [-0.2, -0.15) is 0 Å². The van der Waals surface area contributed by atoms with E-state index in [0.717, 1.165) is 48.0 Å². The van der Waals surface area contributed by atoms with Crippen molar-refractivity contribution in [1.82, 2.24) is 14.8 Å². The van der Waals surface area contributed by atoms with E-state index < -0.39 is 0 Å². The van der Waals surface area contributed by atoms with Crippen LogP contribution in [0.15, 0.2) is 59.8 Å². The lowest BCUT2D eigenvalue weighted by Crippen LogP contribution is -2.14. The monoisotopic (exact) mass is 392 g/mol. The van der Waals surface area contributed by atoms with Crippen molar-refractivity contribution in [3.63, 3.8) is 0 Å².